The Morgan fingerprint density at radius 3 is 2.36 bits per heavy atom. The van der Waals surface area contributed by atoms with Crippen molar-refractivity contribution in [2.24, 2.45) is 0 Å². The molecule has 0 atom stereocenters. The number of benzene rings is 1. The van der Waals surface area contributed by atoms with Gasteiger partial charge in [0.1, 0.15) is 6.54 Å². The zero-order valence-electron chi connectivity index (χ0n) is 21.1. The maximum Gasteiger partial charge on any atom is 0.337 e. The van der Waals surface area contributed by atoms with Crippen LogP contribution in [0.2, 0.25) is 0 Å². The summed E-state index contributed by atoms with van der Waals surface area (Å²) in [6, 6.07) is 7.33. The highest BCUT2D eigenvalue weighted by molar-refractivity contribution is 8.18. The summed E-state index contributed by atoms with van der Waals surface area (Å²) in [6.07, 6.45) is 5.82. The fraction of sp³-hybridized carbons (Fsp3) is 0.407. The maximum atomic E-state index is 13.1. The molecule has 0 bridgehead atoms. The number of amides is 3. The van der Waals surface area contributed by atoms with Gasteiger partial charge >= 0.3 is 5.97 Å². The van der Waals surface area contributed by atoms with Crippen molar-refractivity contribution in [3.05, 3.63) is 57.2 Å². The topological polar surface area (TPSA) is 88.9 Å². The smallest absolute Gasteiger partial charge is 0.337 e. The van der Waals surface area contributed by atoms with Crippen molar-refractivity contribution in [3.63, 3.8) is 0 Å². The van der Waals surface area contributed by atoms with Crippen molar-refractivity contribution >= 4 is 40.9 Å². The number of carbonyl (C=O) groups is 4. The van der Waals surface area contributed by atoms with E-state index in [2.05, 4.69) is 4.57 Å². The number of hydrogen-bond donors (Lipinski definition) is 0. The lowest BCUT2D eigenvalue weighted by Gasteiger charge is -2.22. The molecule has 9 heteroatoms. The van der Waals surface area contributed by atoms with Crippen LogP contribution in [0.1, 0.15) is 58.6 Å². The zero-order valence-corrected chi connectivity index (χ0v) is 21.9. The Balaban J connectivity index is 1.56. The molecule has 0 N–H and O–H groups in total. The standard InChI is InChI=1S/C27H31N3O5S/c1-17-13-20(26(33)35-4)9-10-22(17)30-18(2)14-21(19(30)3)15-23-25(32)29(27(34)36-23)16-24(31)28-11-7-5-6-8-12-28/h9-10,13-15H,5-8,11-12,16H2,1-4H3. The van der Waals surface area contributed by atoms with Crippen molar-refractivity contribution in [3.8, 4) is 5.69 Å². The third-order valence-corrected chi connectivity index (χ3v) is 7.65. The highest BCUT2D eigenvalue weighted by atomic mass is 32.2. The molecule has 4 rings (SSSR count). The van der Waals surface area contributed by atoms with E-state index < -0.39 is 17.1 Å². The lowest BCUT2D eigenvalue weighted by atomic mass is 10.1. The van der Waals surface area contributed by atoms with Gasteiger partial charge in [-0.05, 0) is 86.8 Å². The lowest BCUT2D eigenvalue weighted by Crippen LogP contribution is -2.42. The van der Waals surface area contributed by atoms with Gasteiger partial charge in [-0.2, -0.15) is 0 Å². The minimum atomic E-state index is -0.434. The van der Waals surface area contributed by atoms with E-state index in [-0.39, 0.29) is 12.5 Å². The first-order valence-electron chi connectivity index (χ1n) is 12.1. The van der Waals surface area contributed by atoms with Gasteiger partial charge in [0.25, 0.3) is 11.1 Å². The first-order valence-corrected chi connectivity index (χ1v) is 12.9. The molecule has 3 heterocycles. The average Bonchev–Trinajstić information content (AvgIpc) is 3.14. The van der Waals surface area contributed by atoms with Crippen LogP contribution in [0.15, 0.2) is 29.2 Å². The number of rotatable bonds is 5. The van der Waals surface area contributed by atoms with E-state index in [0.717, 1.165) is 70.5 Å². The molecule has 2 aliphatic rings. The third kappa shape index (κ3) is 5.11. The van der Waals surface area contributed by atoms with Gasteiger partial charge in [-0.25, -0.2) is 4.79 Å². The van der Waals surface area contributed by atoms with Crippen molar-refractivity contribution in [1.82, 2.24) is 14.4 Å². The number of likely N-dealkylation sites (tertiary alicyclic amines) is 1. The molecule has 1 aromatic heterocycles. The van der Waals surface area contributed by atoms with E-state index in [1.54, 1.807) is 23.1 Å². The van der Waals surface area contributed by atoms with Crippen molar-refractivity contribution < 1.29 is 23.9 Å². The van der Waals surface area contributed by atoms with E-state index in [4.69, 9.17) is 4.74 Å². The third-order valence-electron chi connectivity index (χ3n) is 6.74. The molecule has 0 unspecified atom stereocenters. The number of aromatic nitrogens is 1. The molecule has 2 aromatic rings. The summed E-state index contributed by atoms with van der Waals surface area (Å²) in [5, 5.41) is -0.419. The second kappa shape index (κ2) is 10.7. The highest BCUT2D eigenvalue weighted by Gasteiger charge is 2.37. The first-order chi connectivity index (χ1) is 17.2. The molecule has 0 aliphatic carbocycles. The number of methoxy groups -OCH3 is 1. The Bertz CT molecular complexity index is 1250. The Hall–Kier alpha value is -3.33. The lowest BCUT2D eigenvalue weighted by molar-refractivity contribution is -0.135. The van der Waals surface area contributed by atoms with Crippen molar-refractivity contribution in [1.29, 1.82) is 0 Å². The van der Waals surface area contributed by atoms with Gasteiger partial charge in [0.05, 0.1) is 17.6 Å². The molecule has 3 amide bonds. The Morgan fingerprint density at radius 1 is 1.03 bits per heavy atom. The Kier molecular flexibility index (Phi) is 7.68. The van der Waals surface area contributed by atoms with E-state index in [9.17, 15) is 19.2 Å². The molecular formula is C27H31N3O5S. The molecule has 0 radical (unpaired) electrons. The molecule has 0 spiro atoms. The van der Waals surface area contributed by atoms with Crippen LogP contribution < -0.4 is 0 Å². The molecular weight excluding hydrogens is 478 g/mol. The van der Waals surface area contributed by atoms with Crippen LogP contribution in [0.25, 0.3) is 11.8 Å². The van der Waals surface area contributed by atoms with Gasteiger partial charge < -0.3 is 14.2 Å². The predicted molar refractivity (Wildman–Crippen MR) is 139 cm³/mol. The Morgan fingerprint density at radius 2 is 1.72 bits per heavy atom. The molecule has 8 nitrogen and oxygen atoms in total. The van der Waals surface area contributed by atoms with Gasteiger partial charge in [-0.3, -0.25) is 19.3 Å². The SMILES string of the molecule is COC(=O)c1ccc(-n2c(C)cc(C=C3SC(=O)N(CC(=O)N4CCCCCC4)C3=O)c2C)c(C)c1. The van der Waals surface area contributed by atoms with Crippen LogP contribution >= 0.6 is 11.8 Å². The van der Waals surface area contributed by atoms with E-state index in [1.807, 2.05) is 32.9 Å². The second-order valence-corrected chi connectivity index (χ2v) is 10.2. The normalized spacial score (nSPS) is 17.6. The molecule has 2 saturated heterocycles. The van der Waals surface area contributed by atoms with Gasteiger partial charge in [-0.1, -0.05) is 12.8 Å². The van der Waals surface area contributed by atoms with Crippen LogP contribution in [-0.4, -0.2) is 64.1 Å². The quantitative estimate of drug-likeness (QED) is 0.431. The first kappa shape index (κ1) is 25.8. The number of aryl methyl sites for hydroxylation is 2. The van der Waals surface area contributed by atoms with Crippen LogP contribution in [0.3, 0.4) is 0 Å². The minimum Gasteiger partial charge on any atom is -0.465 e. The summed E-state index contributed by atoms with van der Waals surface area (Å²) in [6.45, 7) is 6.97. The van der Waals surface area contributed by atoms with E-state index >= 15 is 0 Å². The summed E-state index contributed by atoms with van der Waals surface area (Å²) in [4.78, 5) is 53.4. The van der Waals surface area contributed by atoms with Gasteiger partial charge in [-0.15, -0.1) is 0 Å². The van der Waals surface area contributed by atoms with E-state index in [1.165, 1.54) is 7.11 Å². The number of ether oxygens (including phenoxy) is 1. The highest BCUT2D eigenvalue weighted by Crippen LogP contribution is 2.34. The minimum absolute atomic E-state index is 0.176. The van der Waals surface area contributed by atoms with Crippen LogP contribution in [0.5, 0.6) is 0 Å². The summed E-state index contributed by atoms with van der Waals surface area (Å²) in [5.41, 5.74) is 4.95. The number of carbonyl (C=O) groups excluding carboxylic acids is 4. The van der Waals surface area contributed by atoms with Crippen LogP contribution in [0, 0.1) is 20.8 Å². The van der Waals surface area contributed by atoms with Gasteiger partial charge in [0.15, 0.2) is 0 Å². The largest absolute Gasteiger partial charge is 0.465 e. The number of imide groups is 1. The summed E-state index contributed by atoms with van der Waals surface area (Å²) >= 11 is 0.867. The number of nitrogens with zero attached hydrogens (tertiary/aromatic N) is 3. The molecule has 0 saturated carbocycles. The van der Waals surface area contributed by atoms with Crippen LogP contribution in [0.4, 0.5) is 4.79 Å². The van der Waals surface area contributed by atoms with Crippen molar-refractivity contribution in [2.45, 2.75) is 46.5 Å². The molecule has 1 aromatic carbocycles. The number of hydrogen-bond acceptors (Lipinski definition) is 6. The molecule has 2 aliphatic heterocycles. The Labute approximate surface area is 215 Å². The fourth-order valence-electron chi connectivity index (χ4n) is 4.79. The predicted octanol–water partition coefficient (Wildman–Crippen LogP) is 4.63. The number of thioether (sulfide) groups is 1. The van der Waals surface area contributed by atoms with Crippen molar-refractivity contribution in [2.75, 3.05) is 26.7 Å². The monoisotopic (exact) mass is 509 g/mol. The zero-order chi connectivity index (χ0) is 26.0. The molecule has 2 fully saturated rings. The average molecular weight is 510 g/mol. The van der Waals surface area contributed by atoms with E-state index in [0.29, 0.717) is 23.6 Å². The van der Waals surface area contributed by atoms with Crippen LogP contribution in [-0.2, 0) is 14.3 Å². The number of esters is 1. The molecule has 36 heavy (non-hydrogen) atoms. The molecule has 190 valence electrons. The van der Waals surface area contributed by atoms with Gasteiger partial charge in [0, 0.05) is 30.2 Å². The summed E-state index contributed by atoms with van der Waals surface area (Å²) < 4.78 is 6.86. The van der Waals surface area contributed by atoms with Gasteiger partial charge in [0.2, 0.25) is 5.91 Å². The fourth-order valence-corrected chi connectivity index (χ4v) is 5.62. The second-order valence-electron chi connectivity index (χ2n) is 9.22. The summed E-state index contributed by atoms with van der Waals surface area (Å²) in [7, 11) is 1.35. The maximum absolute atomic E-state index is 13.1. The summed E-state index contributed by atoms with van der Waals surface area (Å²) in [5.74, 6) is -1.00.